The zero-order chi connectivity index (χ0) is 5.82. The lowest BCUT2D eigenvalue weighted by molar-refractivity contribution is 1.01. The van der Waals surface area contributed by atoms with E-state index in [1.807, 2.05) is 0 Å². The highest BCUT2D eigenvalue weighted by atomic mass is 15.1. The zero-order valence-electron chi connectivity index (χ0n) is 4.13. The summed E-state index contributed by atoms with van der Waals surface area (Å²) in [5.41, 5.74) is 0.465. The van der Waals surface area contributed by atoms with Crippen LogP contribution in [-0.2, 0) is 0 Å². The minimum atomic E-state index is 0.465. The van der Waals surface area contributed by atoms with Crippen LogP contribution in [0.2, 0.25) is 0 Å². The summed E-state index contributed by atoms with van der Waals surface area (Å²) in [7, 11) is 0. The second-order valence-corrected chi connectivity index (χ2v) is 1.23. The van der Waals surface area contributed by atoms with Crippen LogP contribution >= 0.6 is 0 Å². The van der Waals surface area contributed by atoms with E-state index in [-0.39, 0.29) is 0 Å². The molecule has 1 heterocycles. The molecule has 0 atom stereocenters. The molecule has 0 saturated heterocycles. The van der Waals surface area contributed by atoms with Crippen molar-refractivity contribution in [2.24, 2.45) is 0 Å². The number of hydrogen-bond donors (Lipinski definition) is 0. The monoisotopic (exact) mass is 103 g/mol. The Kier molecular flexibility index (Phi) is 1.25. The molecule has 0 aliphatic heterocycles. The maximum Gasteiger partial charge on any atom is 0.136 e. The Morgan fingerprint density at radius 1 is 1.62 bits per heavy atom. The third-order valence-electron chi connectivity index (χ3n) is 0.700. The van der Waals surface area contributed by atoms with Gasteiger partial charge in [-0.25, -0.2) is 0 Å². The van der Waals surface area contributed by atoms with E-state index in [0.717, 1.165) is 0 Å². The molecule has 0 aromatic carbocycles. The fourth-order valence-corrected chi connectivity index (χ4v) is 0.368. The van der Waals surface area contributed by atoms with Gasteiger partial charge in [0, 0.05) is 6.20 Å². The zero-order valence-corrected chi connectivity index (χ0v) is 4.13. The number of nitrogens with zero attached hydrogens (tertiary/aromatic N) is 2. The van der Waals surface area contributed by atoms with E-state index in [1.54, 1.807) is 18.3 Å². The van der Waals surface area contributed by atoms with Gasteiger partial charge in [0.15, 0.2) is 0 Å². The van der Waals surface area contributed by atoms with Gasteiger partial charge >= 0.3 is 0 Å². The number of rotatable bonds is 0. The molecule has 0 N–H and O–H groups in total. The third-order valence-corrected chi connectivity index (χ3v) is 0.700. The molecule has 1 rings (SSSR count). The molecular formula is C6H3N2. The largest absolute Gasteiger partial charge is 0.158 e. The third kappa shape index (κ3) is 0.824. The van der Waals surface area contributed by atoms with Crippen molar-refractivity contribution in [1.29, 1.82) is 0 Å². The lowest BCUT2D eigenvalue weighted by Crippen LogP contribution is -1.81. The summed E-state index contributed by atoms with van der Waals surface area (Å²) in [5.74, 6) is 2.10. The molecular weight excluding hydrogens is 100 g/mol. The van der Waals surface area contributed by atoms with Gasteiger partial charge in [0.05, 0.1) is 0 Å². The van der Waals surface area contributed by atoms with E-state index in [0.29, 0.717) is 5.69 Å². The van der Waals surface area contributed by atoms with Crippen molar-refractivity contribution in [2.75, 3.05) is 0 Å². The summed E-state index contributed by atoms with van der Waals surface area (Å²) in [5, 5.41) is 7.07. The normalized spacial score (nSPS) is 7.88. The molecule has 2 heteroatoms. The molecule has 1 aromatic heterocycles. The Morgan fingerprint density at radius 2 is 2.50 bits per heavy atom. The van der Waals surface area contributed by atoms with E-state index < -0.39 is 0 Å². The van der Waals surface area contributed by atoms with E-state index in [4.69, 9.17) is 6.42 Å². The summed E-state index contributed by atoms with van der Waals surface area (Å²) in [6.07, 6.45) is 8.15. The first kappa shape index (κ1) is 4.79. The van der Waals surface area contributed by atoms with Crippen molar-refractivity contribution in [3.05, 3.63) is 30.4 Å². The maximum atomic E-state index is 6.59. The van der Waals surface area contributed by atoms with Crippen molar-refractivity contribution in [3.63, 3.8) is 0 Å². The Hall–Kier alpha value is -1.36. The Labute approximate surface area is 47.6 Å². The van der Waals surface area contributed by atoms with Crippen molar-refractivity contribution in [1.82, 2.24) is 10.2 Å². The molecule has 0 aliphatic carbocycles. The van der Waals surface area contributed by atoms with Crippen LogP contribution < -0.4 is 0 Å². The van der Waals surface area contributed by atoms with Gasteiger partial charge in [-0.2, -0.15) is 5.10 Å². The van der Waals surface area contributed by atoms with Crippen LogP contribution in [0.15, 0.2) is 18.3 Å². The van der Waals surface area contributed by atoms with Crippen molar-refractivity contribution < 1.29 is 0 Å². The summed E-state index contributed by atoms with van der Waals surface area (Å²) >= 11 is 0. The lowest BCUT2D eigenvalue weighted by Gasteiger charge is -1.80. The summed E-state index contributed by atoms with van der Waals surface area (Å²) in [6, 6.07) is 3.38. The van der Waals surface area contributed by atoms with Crippen LogP contribution in [0.25, 0.3) is 0 Å². The van der Waals surface area contributed by atoms with Crippen LogP contribution in [0.3, 0.4) is 0 Å². The molecule has 0 unspecified atom stereocenters. The van der Waals surface area contributed by atoms with Crippen molar-refractivity contribution >= 4 is 0 Å². The molecule has 8 heavy (non-hydrogen) atoms. The first-order valence-electron chi connectivity index (χ1n) is 2.14. The molecule has 0 aliphatic rings. The molecule has 2 nitrogen and oxygen atoms in total. The highest BCUT2D eigenvalue weighted by Crippen LogP contribution is 1.83. The summed E-state index contributed by atoms with van der Waals surface area (Å²) in [4.78, 5) is 0. The topological polar surface area (TPSA) is 25.8 Å². The van der Waals surface area contributed by atoms with Gasteiger partial charge in [0.1, 0.15) is 5.69 Å². The molecule has 37 valence electrons. The smallest absolute Gasteiger partial charge is 0.136 e. The van der Waals surface area contributed by atoms with Gasteiger partial charge in [0.25, 0.3) is 0 Å². The van der Waals surface area contributed by atoms with E-state index in [2.05, 4.69) is 16.1 Å². The van der Waals surface area contributed by atoms with Gasteiger partial charge in [-0.15, -0.1) is 5.10 Å². The van der Waals surface area contributed by atoms with Crippen molar-refractivity contribution in [2.45, 2.75) is 0 Å². The minimum Gasteiger partial charge on any atom is -0.158 e. The average molecular weight is 103 g/mol. The Morgan fingerprint density at radius 3 is 2.88 bits per heavy atom. The highest BCUT2D eigenvalue weighted by molar-refractivity contribution is 5.18. The SMILES string of the molecule is [C]#Cc1cccnn1. The van der Waals surface area contributed by atoms with Gasteiger partial charge in [-0.1, -0.05) is 0 Å². The van der Waals surface area contributed by atoms with E-state index in [9.17, 15) is 0 Å². The van der Waals surface area contributed by atoms with Crippen LogP contribution in [-0.4, -0.2) is 10.2 Å². The van der Waals surface area contributed by atoms with E-state index in [1.165, 1.54) is 0 Å². The second-order valence-electron chi connectivity index (χ2n) is 1.23. The standard InChI is InChI=1S/C6H3N2/c1-2-6-4-3-5-7-8-6/h3-5H. The Balaban J connectivity index is 3.05. The van der Waals surface area contributed by atoms with Crippen LogP contribution in [0.4, 0.5) is 0 Å². The van der Waals surface area contributed by atoms with Gasteiger partial charge in [-0.05, 0) is 24.5 Å². The fraction of sp³-hybridized carbons (Fsp3) is 0. The maximum absolute atomic E-state index is 6.59. The molecule has 1 aromatic rings. The molecule has 0 amide bonds. The first-order valence-corrected chi connectivity index (χ1v) is 2.14. The van der Waals surface area contributed by atoms with Gasteiger partial charge in [-0.3, -0.25) is 0 Å². The molecule has 0 fully saturated rings. The first-order chi connectivity index (χ1) is 3.93. The van der Waals surface area contributed by atoms with Gasteiger partial charge < -0.3 is 0 Å². The minimum absolute atomic E-state index is 0.465. The average Bonchev–Trinajstić information content (AvgIpc) is 1.90. The molecule has 0 spiro atoms. The Bertz CT molecular complexity index is 198. The molecule has 0 bridgehead atoms. The van der Waals surface area contributed by atoms with Crippen LogP contribution in [0.5, 0.6) is 0 Å². The van der Waals surface area contributed by atoms with Crippen LogP contribution in [0, 0.1) is 12.3 Å². The van der Waals surface area contributed by atoms with Crippen LogP contribution in [0.1, 0.15) is 5.69 Å². The van der Waals surface area contributed by atoms with Crippen molar-refractivity contribution in [3.8, 4) is 5.92 Å². The summed E-state index contributed by atoms with van der Waals surface area (Å²) in [6.45, 7) is 0. The van der Waals surface area contributed by atoms with Gasteiger partial charge in [0.2, 0.25) is 0 Å². The number of aromatic nitrogens is 2. The molecule has 0 saturated carbocycles. The second kappa shape index (κ2) is 2.08. The number of hydrogen-bond acceptors (Lipinski definition) is 2. The quantitative estimate of drug-likeness (QED) is 0.444. The molecule has 1 radical (unpaired) electrons. The van der Waals surface area contributed by atoms with E-state index >= 15 is 0 Å². The highest BCUT2D eigenvalue weighted by Gasteiger charge is 1.80. The predicted molar refractivity (Wildman–Crippen MR) is 28.3 cm³/mol. The lowest BCUT2D eigenvalue weighted by atomic mass is 10.4. The fourth-order valence-electron chi connectivity index (χ4n) is 0.368. The summed E-state index contributed by atoms with van der Waals surface area (Å²) < 4.78 is 0. The predicted octanol–water partition coefficient (Wildman–Crippen LogP) is 0.414.